The molecule has 0 saturated heterocycles. The molecule has 0 amide bonds. The van der Waals surface area contributed by atoms with Crippen LogP contribution in [0.15, 0.2) is 152 Å². The summed E-state index contributed by atoms with van der Waals surface area (Å²) in [6.45, 7) is 0. The van der Waals surface area contributed by atoms with Crippen LogP contribution in [0.1, 0.15) is 11.1 Å². The molecular weight excluding hydrogens is 532 g/mol. The molecule has 0 atom stereocenters. The molecule has 1 N–H and O–H groups in total. The summed E-state index contributed by atoms with van der Waals surface area (Å²) in [7, 11) is 0. The van der Waals surface area contributed by atoms with Gasteiger partial charge >= 0.3 is 0 Å². The molecule has 8 aromatic carbocycles. The second kappa shape index (κ2) is 9.69. The molecule has 1 nitrogen and oxygen atoms in total. The summed E-state index contributed by atoms with van der Waals surface area (Å²) in [6, 6.07) is 54.2. The first kappa shape index (κ1) is 24.9. The number of benzene rings is 8. The van der Waals surface area contributed by atoms with Gasteiger partial charge in [-0.15, -0.1) is 0 Å². The predicted octanol–water partition coefficient (Wildman–Crippen LogP) is 11.4. The lowest BCUT2D eigenvalue weighted by molar-refractivity contribution is 0.481. The summed E-state index contributed by atoms with van der Waals surface area (Å²) >= 11 is 0. The summed E-state index contributed by atoms with van der Waals surface area (Å²) in [4.78, 5) is 0. The van der Waals surface area contributed by atoms with Crippen molar-refractivity contribution in [1.82, 2.24) is 0 Å². The summed E-state index contributed by atoms with van der Waals surface area (Å²) in [5.74, 6) is 0.312. The van der Waals surface area contributed by atoms with Crippen LogP contribution < -0.4 is 0 Å². The van der Waals surface area contributed by atoms with Gasteiger partial charge in [0.2, 0.25) is 0 Å². The molecule has 0 fully saturated rings. The molecule has 0 unspecified atom stereocenters. The zero-order valence-corrected chi connectivity index (χ0v) is 24.1. The van der Waals surface area contributed by atoms with Crippen molar-refractivity contribution in [3.63, 3.8) is 0 Å². The van der Waals surface area contributed by atoms with E-state index in [1.165, 1.54) is 71.6 Å². The van der Waals surface area contributed by atoms with E-state index in [9.17, 15) is 5.11 Å². The maximum Gasteiger partial charge on any atom is 0.123 e. The smallest absolute Gasteiger partial charge is 0.123 e. The minimum Gasteiger partial charge on any atom is -0.507 e. The Bertz CT molecular complexity index is 2420. The lowest BCUT2D eigenvalue weighted by Crippen LogP contribution is -1.95. The van der Waals surface area contributed by atoms with Crippen molar-refractivity contribution in [2.24, 2.45) is 0 Å². The van der Waals surface area contributed by atoms with Crippen LogP contribution in [0.4, 0.5) is 0 Å². The summed E-state index contributed by atoms with van der Waals surface area (Å²) in [5.41, 5.74) is 12.7. The molecule has 0 aliphatic heterocycles. The quantitative estimate of drug-likeness (QED) is 0.228. The fraction of sp³-hybridized carbons (Fsp3) is 0.0233. The van der Waals surface area contributed by atoms with E-state index < -0.39 is 0 Å². The van der Waals surface area contributed by atoms with Crippen LogP contribution in [0.3, 0.4) is 0 Å². The van der Waals surface area contributed by atoms with E-state index in [2.05, 4.69) is 133 Å². The van der Waals surface area contributed by atoms with Crippen LogP contribution in [0.25, 0.3) is 76.8 Å². The van der Waals surface area contributed by atoms with Crippen molar-refractivity contribution >= 4 is 32.3 Å². The van der Waals surface area contributed by atoms with Crippen LogP contribution in [0.5, 0.6) is 5.75 Å². The zero-order valence-electron chi connectivity index (χ0n) is 24.1. The van der Waals surface area contributed by atoms with Gasteiger partial charge < -0.3 is 5.11 Å². The Hall–Kier alpha value is -5.66. The Morgan fingerprint density at radius 2 is 0.955 bits per heavy atom. The minimum absolute atomic E-state index is 0.312. The van der Waals surface area contributed by atoms with Crippen molar-refractivity contribution in [3.05, 3.63) is 163 Å². The molecule has 0 heterocycles. The fourth-order valence-corrected chi connectivity index (χ4v) is 7.42. The van der Waals surface area contributed by atoms with Crippen LogP contribution in [-0.4, -0.2) is 5.11 Å². The average Bonchev–Trinajstić information content (AvgIpc) is 3.46. The van der Waals surface area contributed by atoms with Crippen molar-refractivity contribution < 1.29 is 5.11 Å². The van der Waals surface area contributed by atoms with Crippen molar-refractivity contribution in [1.29, 1.82) is 0 Å². The Balaban J connectivity index is 1.30. The molecule has 0 saturated carbocycles. The highest BCUT2D eigenvalue weighted by atomic mass is 16.3. The van der Waals surface area contributed by atoms with E-state index in [1.807, 2.05) is 18.2 Å². The Labute approximate surface area is 256 Å². The monoisotopic (exact) mass is 560 g/mol. The van der Waals surface area contributed by atoms with Crippen molar-refractivity contribution in [2.75, 3.05) is 0 Å². The van der Waals surface area contributed by atoms with Crippen LogP contribution >= 0.6 is 0 Å². The van der Waals surface area contributed by atoms with Gasteiger partial charge in [0.05, 0.1) is 0 Å². The Morgan fingerprint density at radius 3 is 1.73 bits per heavy atom. The lowest BCUT2D eigenvalue weighted by atomic mass is 9.84. The van der Waals surface area contributed by atoms with Gasteiger partial charge in [0, 0.05) is 5.39 Å². The minimum atomic E-state index is 0.312. The van der Waals surface area contributed by atoms with Gasteiger partial charge in [-0.2, -0.15) is 0 Å². The third-order valence-electron chi connectivity index (χ3n) is 9.43. The molecule has 1 heteroatoms. The Kier molecular flexibility index (Phi) is 5.48. The molecular formula is C43H28O. The van der Waals surface area contributed by atoms with Gasteiger partial charge in [-0.1, -0.05) is 146 Å². The molecule has 0 spiro atoms. The van der Waals surface area contributed by atoms with Gasteiger partial charge in [-0.25, -0.2) is 0 Å². The fourth-order valence-electron chi connectivity index (χ4n) is 7.42. The highest BCUT2D eigenvalue weighted by Crippen LogP contribution is 2.49. The number of fused-ring (bicyclic) bond motifs is 6. The largest absolute Gasteiger partial charge is 0.507 e. The SMILES string of the molecule is Oc1ccc(-c2c(-c3cccc4ccccc34)ccc3c2Cc2cc(-c4cccc5ccccc45)ccc2-3)c2ccccc12. The first-order valence-electron chi connectivity index (χ1n) is 15.2. The molecule has 0 bridgehead atoms. The number of rotatable bonds is 3. The number of phenolic OH excluding ortho intramolecular Hbond substituents is 1. The molecule has 206 valence electrons. The van der Waals surface area contributed by atoms with Crippen LogP contribution in [-0.2, 0) is 6.42 Å². The van der Waals surface area contributed by atoms with E-state index in [1.54, 1.807) is 0 Å². The van der Waals surface area contributed by atoms with Gasteiger partial charge in [0.1, 0.15) is 5.75 Å². The summed E-state index contributed by atoms with van der Waals surface area (Å²) < 4.78 is 0. The topological polar surface area (TPSA) is 20.2 Å². The maximum atomic E-state index is 10.8. The number of phenols is 1. The van der Waals surface area contributed by atoms with Gasteiger partial charge in [0.25, 0.3) is 0 Å². The number of aromatic hydroxyl groups is 1. The maximum absolute atomic E-state index is 10.8. The molecule has 0 aromatic heterocycles. The Morgan fingerprint density at radius 1 is 0.386 bits per heavy atom. The highest BCUT2D eigenvalue weighted by Gasteiger charge is 2.26. The lowest BCUT2D eigenvalue weighted by Gasteiger charge is -2.19. The molecule has 44 heavy (non-hydrogen) atoms. The summed E-state index contributed by atoms with van der Waals surface area (Å²) in [5, 5.41) is 17.8. The van der Waals surface area contributed by atoms with Crippen LogP contribution in [0, 0.1) is 0 Å². The zero-order chi connectivity index (χ0) is 29.2. The normalized spacial score (nSPS) is 12.1. The molecule has 9 rings (SSSR count). The molecule has 1 aliphatic carbocycles. The average molecular weight is 561 g/mol. The number of hydrogen-bond donors (Lipinski definition) is 1. The van der Waals surface area contributed by atoms with Gasteiger partial charge in [0.15, 0.2) is 0 Å². The second-order valence-corrected chi connectivity index (χ2v) is 11.8. The highest BCUT2D eigenvalue weighted by molar-refractivity contribution is 6.09. The molecule has 0 radical (unpaired) electrons. The van der Waals surface area contributed by atoms with Gasteiger partial charge in [-0.3, -0.25) is 0 Å². The van der Waals surface area contributed by atoms with E-state index in [-0.39, 0.29) is 0 Å². The van der Waals surface area contributed by atoms with E-state index in [4.69, 9.17) is 0 Å². The van der Waals surface area contributed by atoms with Crippen molar-refractivity contribution in [2.45, 2.75) is 6.42 Å². The first-order valence-corrected chi connectivity index (χ1v) is 15.2. The third kappa shape index (κ3) is 3.73. The number of hydrogen-bond acceptors (Lipinski definition) is 1. The van der Waals surface area contributed by atoms with Gasteiger partial charge in [-0.05, 0) is 95.1 Å². The second-order valence-electron chi connectivity index (χ2n) is 11.8. The molecule has 8 aromatic rings. The van der Waals surface area contributed by atoms with Crippen LogP contribution in [0.2, 0.25) is 0 Å². The van der Waals surface area contributed by atoms with E-state index >= 15 is 0 Å². The van der Waals surface area contributed by atoms with E-state index in [0.717, 1.165) is 22.8 Å². The molecule has 1 aliphatic rings. The standard InChI is InChI=1S/C43H28O/c44-42-24-23-40(36-15-5-6-16-38(36)42)43-39(35-18-8-12-28-10-2-4-14-32(28)35)22-21-37-34-20-19-29(25-30(34)26-41(37)43)33-17-7-11-27-9-1-3-13-31(27)33/h1-25,44H,26H2. The third-order valence-corrected chi connectivity index (χ3v) is 9.43. The first-order chi connectivity index (χ1) is 21.7. The predicted molar refractivity (Wildman–Crippen MR) is 185 cm³/mol. The van der Waals surface area contributed by atoms with Crippen molar-refractivity contribution in [3.8, 4) is 50.3 Å². The summed E-state index contributed by atoms with van der Waals surface area (Å²) in [6.07, 6.45) is 0.854. The van der Waals surface area contributed by atoms with E-state index in [0.29, 0.717) is 5.75 Å².